The number of carbonyl (C=O) groups excluding carboxylic acids is 2. The van der Waals surface area contributed by atoms with Gasteiger partial charge in [-0.05, 0) is 77.0 Å². The number of rotatable bonds is 63. The number of nitrogens with two attached hydrogens (primary N) is 1. The SMILES string of the molecule is CCCCCCC/C=C\C/C=C\C/C=C\CCCCCCCCCCC(=O)OC(COC(=O)CCCCCCCCCCCCCCCCCCCCCCC/C=C\CCCCCCCCCC)COP(=O)(O)OCCN. The smallest absolute Gasteiger partial charge is 0.462 e. The first-order valence-corrected chi connectivity index (χ1v) is 34.6. The average Bonchev–Trinajstić information content (AvgIpc) is 3.42. The van der Waals surface area contributed by atoms with Crippen LogP contribution in [0.1, 0.15) is 335 Å². The minimum Gasteiger partial charge on any atom is -0.462 e. The van der Waals surface area contributed by atoms with Crippen LogP contribution in [0.5, 0.6) is 0 Å². The third-order valence-electron chi connectivity index (χ3n) is 14.7. The lowest BCUT2D eigenvalue weighted by atomic mass is 10.0. The second-order valence-corrected chi connectivity index (χ2v) is 23.8. The van der Waals surface area contributed by atoms with Crippen molar-refractivity contribution < 1.29 is 37.6 Å². The molecular formula is C67H126NO8P. The molecule has 0 radical (unpaired) electrons. The summed E-state index contributed by atoms with van der Waals surface area (Å²) < 4.78 is 33.1. The number of carbonyl (C=O) groups is 2. The maximum atomic E-state index is 12.7. The first-order chi connectivity index (χ1) is 37.8. The molecule has 0 aromatic rings. The summed E-state index contributed by atoms with van der Waals surface area (Å²) in [6.07, 6.45) is 79.1. The molecule has 0 heterocycles. The Balaban J connectivity index is 3.86. The molecule has 0 aliphatic heterocycles. The summed E-state index contributed by atoms with van der Waals surface area (Å²) in [7, 11) is -4.39. The van der Waals surface area contributed by atoms with Gasteiger partial charge in [-0.1, -0.05) is 294 Å². The van der Waals surface area contributed by atoms with Crippen LogP contribution in [0, 0.1) is 0 Å². The maximum absolute atomic E-state index is 12.7. The van der Waals surface area contributed by atoms with Crippen LogP contribution >= 0.6 is 7.82 Å². The molecule has 0 amide bonds. The van der Waals surface area contributed by atoms with E-state index in [0.717, 1.165) is 57.8 Å². The van der Waals surface area contributed by atoms with Crippen molar-refractivity contribution in [1.82, 2.24) is 0 Å². The molecule has 0 aliphatic carbocycles. The van der Waals surface area contributed by atoms with Gasteiger partial charge in [0.2, 0.25) is 0 Å². The van der Waals surface area contributed by atoms with Gasteiger partial charge in [0.1, 0.15) is 6.61 Å². The van der Waals surface area contributed by atoms with Gasteiger partial charge >= 0.3 is 19.8 Å². The fourth-order valence-corrected chi connectivity index (χ4v) is 10.5. The highest BCUT2D eigenvalue weighted by Crippen LogP contribution is 2.43. The van der Waals surface area contributed by atoms with Crippen molar-refractivity contribution >= 4 is 19.8 Å². The first kappa shape index (κ1) is 75.0. The zero-order valence-corrected chi connectivity index (χ0v) is 51.6. The number of ether oxygens (including phenoxy) is 2. The van der Waals surface area contributed by atoms with Gasteiger partial charge in [0, 0.05) is 19.4 Å². The minimum absolute atomic E-state index is 0.0523. The standard InChI is InChI=1S/C67H126NO8P/c1-3-5-7-9-11-13-15-17-19-21-23-25-27-28-29-30-31-32-33-34-35-36-38-39-41-43-45-47-49-51-53-55-57-59-66(69)73-63-65(64-75-77(71,72)74-62-61-68)76-67(70)60-58-56-54-52-50-48-46-44-42-40-37-26-24-22-20-18-16-14-12-10-8-6-4-2/h16,18,21-24,37,40,65H,3-15,17,19-20,25-36,38-39,41-64,68H2,1-2H3,(H,71,72)/b18-16-,23-21-,24-22-,40-37-. The molecule has 3 N–H and O–H groups in total. The van der Waals surface area contributed by atoms with E-state index in [-0.39, 0.29) is 38.6 Å². The van der Waals surface area contributed by atoms with E-state index in [9.17, 15) is 19.0 Å². The summed E-state index contributed by atoms with van der Waals surface area (Å²) in [6, 6.07) is 0. The molecule has 452 valence electrons. The van der Waals surface area contributed by atoms with Crippen LogP contribution in [0.3, 0.4) is 0 Å². The molecule has 2 atom stereocenters. The van der Waals surface area contributed by atoms with E-state index in [1.165, 1.54) is 244 Å². The second-order valence-electron chi connectivity index (χ2n) is 22.3. The Morgan fingerprint density at radius 1 is 0.390 bits per heavy atom. The highest BCUT2D eigenvalue weighted by Gasteiger charge is 2.26. The summed E-state index contributed by atoms with van der Waals surface area (Å²) in [4.78, 5) is 35.3. The van der Waals surface area contributed by atoms with E-state index in [1.54, 1.807) is 0 Å². The van der Waals surface area contributed by atoms with Crippen LogP contribution in [0.25, 0.3) is 0 Å². The number of esters is 2. The van der Waals surface area contributed by atoms with Gasteiger partial charge < -0.3 is 20.1 Å². The summed E-state index contributed by atoms with van der Waals surface area (Å²) in [5.41, 5.74) is 5.39. The van der Waals surface area contributed by atoms with Crippen molar-refractivity contribution in [3.05, 3.63) is 48.6 Å². The van der Waals surface area contributed by atoms with E-state index in [0.29, 0.717) is 6.42 Å². The Hall–Kier alpha value is -2.03. The molecule has 77 heavy (non-hydrogen) atoms. The molecule has 0 bridgehead atoms. The molecule has 2 unspecified atom stereocenters. The Bertz CT molecular complexity index is 1400. The van der Waals surface area contributed by atoms with Gasteiger partial charge in [-0.15, -0.1) is 0 Å². The predicted molar refractivity (Wildman–Crippen MR) is 330 cm³/mol. The molecule has 0 fully saturated rings. The molecule has 0 aromatic heterocycles. The minimum atomic E-state index is -4.39. The monoisotopic (exact) mass is 1100 g/mol. The van der Waals surface area contributed by atoms with Crippen LogP contribution in [0.4, 0.5) is 0 Å². The first-order valence-electron chi connectivity index (χ1n) is 33.1. The zero-order valence-electron chi connectivity index (χ0n) is 50.7. The molecule has 0 aromatic carbocycles. The molecule has 0 aliphatic rings. The van der Waals surface area contributed by atoms with E-state index in [1.807, 2.05) is 0 Å². The molecule has 10 heteroatoms. The van der Waals surface area contributed by atoms with Crippen LogP contribution in [-0.4, -0.2) is 49.3 Å². The lowest BCUT2D eigenvalue weighted by Gasteiger charge is -2.19. The number of hydrogen-bond acceptors (Lipinski definition) is 8. The van der Waals surface area contributed by atoms with E-state index >= 15 is 0 Å². The van der Waals surface area contributed by atoms with Crippen molar-refractivity contribution in [3.8, 4) is 0 Å². The highest BCUT2D eigenvalue weighted by molar-refractivity contribution is 7.47. The molecule has 0 saturated carbocycles. The van der Waals surface area contributed by atoms with Gasteiger partial charge in [-0.2, -0.15) is 0 Å². The van der Waals surface area contributed by atoms with Crippen LogP contribution < -0.4 is 5.73 Å². The van der Waals surface area contributed by atoms with E-state index in [2.05, 4.69) is 62.5 Å². The third kappa shape index (κ3) is 63.0. The highest BCUT2D eigenvalue weighted by atomic mass is 31.2. The van der Waals surface area contributed by atoms with Gasteiger partial charge in [-0.3, -0.25) is 18.6 Å². The topological polar surface area (TPSA) is 134 Å². The number of unbranched alkanes of at least 4 members (excludes halogenated alkanes) is 42. The Labute approximate surface area is 477 Å². The van der Waals surface area contributed by atoms with E-state index < -0.39 is 26.5 Å². The van der Waals surface area contributed by atoms with Gasteiger partial charge in [-0.25, -0.2) is 4.57 Å². The predicted octanol–water partition coefficient (Wildman–Crippen LogP) is 21.3. The number of allylic oxidation sites excluding steroid dienone is 8. The number of hydrogen-bond donors (Lipinski definition) is 2. The third-order valence-corrected chi connectivity index (χ3v) is 15.7. The van der Waals surface area contributed by atoms with Crippen molar-refractivity contribution in [2.24, 2.45) is 5.73 Å². The van der Waals surface area contributed by atoms with Crippen molar-refractivity contribution in [3.63, 3.8) is 0 Å². The fourth-order valence-electron chi connectivity index (χ4n) is 9.76. The Morgan fingerprint density at radius 3 is 1.01 bits per heavy atom. The summed E-state index contributed by atoms with van der Waals surface area (Å²) in [5, 5.41) is 0. The fraction of sp³-hybridized carbons (Fsp3) is 0.851. The van der Waals surface area contributed by atoms with Crippen LogP contribution in [0.2, 0.25) is 0 Å². The maximum Gasteiger partial charge on any atom is 0.472 e. The van der Waals surface area contributed by atoms with Gasteiger partial charge in [0.25, 0.3) is 0 Å². The molecule has 0 spiro atoms. The lowest BCUT2D eigenvalue weighted by molar-refractivity contribution is -0.161. The Morgan fingerprint density at radius 2 is 0.675 bits per heavy atom. The van der Waals surface area contributed by atoms with Gasteiger partial charge in [0.15, 0.2) is 6.10 Å². The normalized spacial score (nSPS) is 13.2. The van der Waals surface area contributed by atoms with E-state index in [4.69, 9.17) is 24.3 Å². The van der Waals surface area contributed by atoms with Crippen LogP contribution in [-0.2, 0) is 32.7 Å². The second kappa shape index (κ2) is 63.2. The summed E-state index contributed by atoms with van der Waals surface area (Å²) >= 11 is 0. The van der Waals surface area contributed by atoms with Crippen molar-refractivity contribution in [1.29, 1.82) is 0 Å². The lowest BCUT2D eigenvalue weighted by Crippen LogP contribution is -2.29. The Kier molecular flexibility index (Phi) is 61.5. The quantitative estimate of drug-likeness (QED) is 0.0264. The number of phosphoric acid groups is 1. The molecule has 0 saturated heterocycles. The largest absolute Gasteiger partial charge is 0.472 e. The average molecular weight is 1100 g/mol. The summed E-state index contributed by atoms with van der Waals surface area (Å²) in [5.74, 6) is -0.821. The molecule has 0 rings (SSSR count). The van der Waals surface area contributed by atoms with Crippen LogP contribution in [0.15, 0.2) is 48.6 Å². The zero-order chi connectivity index (χ0) is 55.9. The number of phosphoric ester groups is 1. The summed E-state index contributed by atoms with van der Waals surface area (Å²) in [6.45, 7) is 3.77. The molecular weight excluding hydrogens is 978 g/mol. The van der Waals surface area contributed by atoms with Crippen molar-refractivity contribution in [2.45, 2.75) is 341 Å². The van der Waals surface area contributed by atoms with Gasteiger partial charge in [0.05, 0.1) is 13.2 Å². The molecule has 9 nitrogen and oxygen atoms in total. The van der Waals surface area contributed by atoms with Crippen molar-refractivity contribution in [2.75, 3.05) is 26.4 Å².